The van der Waals surface area contributed by atoms with E-state index in [1.54, 1.807) is 36.4 Å². The Balaban J connectivity index is 1.09. The Hall–Kier alpha value is -3.93. The number of halogens is 1. The van der Waals surface area contributed by atoms with Crippen LogP contribution in [0.3, 0.4) is 0 Å². The number of hydrogen-bond acceptors (Lipinski definition) is 7. The number of carbonyl (C=O) groups excluding carboxylic acids is 2. The van der Waals surface area contributed by atoms with Gasteiger partial charge in [-0.15, -0.1) is 11.3 Å². The highest BCUT2D eigenvalue weighted by Crippen LogP contribution is 2.70. The molecule has 1 aliphatic heterocycles. The number of anilines is 1. The standard InChI is InChI=1S/C40H39BrN2O6S2/c1-3-48-39(45)36-25(2)31-19-30(13-14-34(31)49-36)51(46,47)43(17-15-26-9-5-4-6-10-26)33-12-8-7-11-27(33)20-40-21-28-23-42(24-29(22-40)35(28)40)38(44)37-32(41)16-18-50-37/h4-14,16,18-19,28-29,35H,3,15,17,20-24H2,1-2H3. The summed E-state index contributed by atoms with van der Waals surface area (Å²) in [5.41, 5.74) is 3.87. The molecule has 8 nitrogen and oxygen atoms in total. The van der Waals surface area contributed by atoms with Gasteiger partial charge in [0.15, 0.2) is 0 Å². The molecule has 2 unspecified atom stereocenters. The third kappa shape index (κ3) is 5.91. The summed E-state index contributed by atoms with van der Waals surface area (Å²) in [6.45, 7) is 5.50. The van der Waals surface area contributed by atoms with Crippen molar-refractivity contribution in [3.05, 3.63) is 116 Å². The molecule has 3 heterocycles. The van der Waals surface area contributed by atoms with Crippen LogP contribution in [0.25, 0.3) is 11.0 Å². The average Bonchev–Trinajstić information content (AvgIpc) is 3.69. The van der Waals surface area contributed by atoms with Gasteiger partial charge in [0.1, 0.15) is 10.5 Å². The lowest BCUT2D eigenvalue weighted by molar-refractivity contribution is -0.216. The Morgan fingerprint density at radius 2 is 1.75 bits per heavy atom. The van der Waals surface area contributed by atoms with Crippen LogP contribution in [0.4, 0.5) is 5.69 Å². The molecule has 3 aromatic carbocycles. The van der Waals surface area contributed by atoms with E-state index >= 15 is 0 Å². The van der Waals surface area contributed by atoms with Crippen LogP contribution in [0.5, 0.6) is 0 Å². The number of para-hydroxylation sites is 1. The first kappa shape index (κ1) is 34.2. The van der Waals surface area contributed by atoms with Crippen molar-refractivity contribution in [2.24, 2.45) is 23.2 Å². The molecule has 2 aliphatic carbocycles. The zero-order valence-corrected chi connectivity index (χ0v) is 31.7. The van der Waals surface area contributed by atoms with Gasteiger partial charge in [0.05, 0.1) is 17.2 Å². The van der Waals surface area contributed by atoms with E-state index in [1.165, 1.54) is 11.3 Å². The summed E-state index contributed by atoms with van der Waals surface area (Å²) in [5, 5.41) is 2.51. The Labute approximate surface area is 310 Å². The van der Waals surface area contributed by atoms with Crippen LogP contribution in [-0.2, 0) is 27.6 Å². The second kappa shape index (κ2) is 13.2. The van der Waals surface area contributed by atoms with Crippen LogP contribution in [-0.4, -0.2) is 51.4 Å². The van der Waals surface area contributed by atoms with E-state index in [4.69, 9.17) is 9.15 Å². The monoisotopic (exact) mass is 786 g/mol. The van der Waals surface area contributed by atoms with Gasteiger partial charge in [-0.05, 0) is 125 Å². The van der Waals surface area contributed by atoms with Crippen molar-refractivity contribution in [1.82, 2.24) is 4.90 Å². The van der Waals surface area contributed by atoms with Gasteiger partial charge >= 0.3 is 5.97 Å². The Kier molecular flexibility index (Phi) is 8.87. The van der Waals surface area contributed by atoms with Gasteiger partial charge in [-0.2, -0.15) is 0 Å². The van der Waals surface area contributed by atoms with Crippen molar-refractivity contribution in [1.29, 1.82) is 0 Å². The van der Waals surface area contributed by atoms with Gasteiger partial charge in [-0.3, -0.25) is 9.10 Å². The summed E-state index contributed by atoms with van der Waals surface area (Å²) in [6.07, 6.45) is 3.41. The van der Waals surface area contributed by atoms with Gasteiger partial charge in [-0.25, -0.2) is 13.2 Å². The van der Waals surface area contributed by atoms with Gasteiger partial charge in [0, 0.05) is 35.1 Å². The molecule has 0 bridgehead atoms. The number of esters is 1. The minimum absolute atomic E-state index is 0.0825. The second-order valence-electron chi connectivity index (χ2n) is 14.2. The molecule has 264 valence electrons. The minimum Gasteiger partial charge on any atom is -0.460 e. The predicted molar refractivity (Wildman–Crippen MR) is 202 cm³/mol. The van der Waals surface area contributed by atoms with Crippen molar-refractivity contribution >= 4 is 65.8 Å². The number of benzene rings is 3. The van der Waals surface area contributed by atoms with Crippen LogP contribution >= 0.6 is 27.3 Å². The van der Waals surface area contributed by atoms with E-state index in [9.17, 15) is 18.0 Å². The molecule has 2 atom stereocenters. The maximum absolute atomic E-state index is 14.8. The molecule has 0 radical (unpaired) electrons. The summed E-state index contributed by atoms with van der Waals surface area (Å²) >= 11 is 5.02. The number of piperidine rings is 1. The lowest BCUT2D eigenvalue weighted by Crippen LogP contribution is -2.70. The number of fused-ring (bicyclic) bond motifs is 1. The maximum Gasteiger partial charge on any atom is 0.374 e. The Morgan fingerprint density at radius 3 is 2.45 bits per heavy atom. The molecule has 1 amide bonds. The summed E-state index contributed by atoms with van der Waals surface area (Å²) in [5.74, 6) is 1.10. The molecular weight excluding hydrogens is 748 g/mol. The zero-order chi connectivity index (χ0) is 35.5. The summed E-state index contributed by atoms with van der Waals surface area (Å²) in [7, 11) is -4.04. The van der Waals surface area contributed by atoms with Crippen LogP contribution < -0.4 is 4.31 Å². The van der Waals surface area contributed by atoms with E-state index in [1.807, 2.05) is 64.9 Å². The number of sulfonamides is 1. The topological polar surface area (TPSA) is 97.1 Å². The number of aryl methyl sites for hydroxylation is 1. The summed E-state index contributed by atoms with van der Waals surface area (Å²) in [4.78, 5) is 28.9. The number of thiophene rings is 1. The molecule has 3 aliphatic rings. The van der Waals surface area contributed by atoms with Gasteiger partial charge < -0.3 is 14.1 Å². The third-order valence-corrected chi connectivity index (χ3v) is 14.9. The smallest absolute Gasteiger partial charge is 0.374 e. The van der Waals surface area contributed by atoms with Gasteiger partial charge in [0.2, 0.25) is 5.76 Å². The number of rotatable bonds is 11. The highest BCUT2D eigenvalue weighted by atomic mass is 79.9. The van der Waals surface area contributed by atoms with Crippen molar-refractivity contribution < 1.29 is 27.2 Å². The Bertz CT molecular complexity index is 2230. The number of amides is 1. The van der Waals surface area contributed by atoms with Crippen LogP contribution in [0, 0.1) is 30.1 Å². The number of hydrogen-bond donors (Lipinski definition) is 0. The molecule has 5 aromatic rings. The van der Waals surface area contributed by atoms with Crippen molar-refractivity contribution in [2.45, 2.75) is 44.4 Å². The molecule has 51 heavy (non-hydrogen) atoms. The first-order valence-electron chi connectivity index (χ1n) is 17.5. The summed E-state index contributed by atoms with van der Waals surface area (Å²) in [6, 6.07) is 24.6. The van der Waals surface area contributed by atoms with Crippen molar-refractivity contribution in [3.8, 4) is 0 Å². The number of carbonyl (C=O) groups is 2. The van der Waals surface area contributed by atoms with E-state index in [0.29, 0.717) is 46.4 Å². The predicted octanol–water partition coefficient (Wildman–Crippen LogP) is 8.52. The number of ether oxygens (including phenoxy) is 1. The molecule has 2 aromatic heterocycles. The number of likely N-dealkylation sites (tertiary alicyclic amines) is 1. The fourth-order valence-corrected chi connectivity index (χ4v) is 12.2. The van der Waals surface area contributed by atoms with Crippen LogP contribution in [0.2, 0.25) is 0 Å². The Morgan fingerprint density at radius 1 is 1.02 bits per heavy atom. The lowest BCUT2D eigenvalue weighted by Gasteiger charge is -2.71. The number of nitrogens with zero attached hydrogens (tertiary/aromatic N) is 2. The van der Waals surface area contributed by atoms with Gasteiger partial charge in [0.25, 0.3) is 15.9 Å². The van der Waals surface area contributed by atoms with Crippen molar-refractivity contribution in [2.75, 3.05) is 30.5 Å². The minimum atomic E-state index is -4.04. The largest absolute Gasteiger partial charge is 0.460 e. The van der Waals surface area contributed by atoms with Crippen LogP contribution in [0.15, 0.2) is 98.0 Å². The third-order valence-electron chi connectivity index (χ3n) is 11.3. The van der Waals surface area contributed by atoms with Crippen molar-refractivity contribution in [3.63, 3.8) is 0 Å². The van der Waals surface area contributed by atoms with Gasteiger partial charge in [-0.1, -0.05) is 48.5 Å². The highest BCUT2D eigenvalue weighted by Gasteiger charge is 2.66. The van der Waals surface area contributed by atoms with Crippen LogP contribution in [0.1, 0.15) is 56.7 Å². The molecule has 1 saturated heterocycles. The fourth-order valence-electron chi connectivity index (χ4n) is 9.14. The molecule has 2 saturated carbocycles. The van der Waals surface area contributed by atoms with E-state index in [-0.39, 0.29) is 35.1 Å². The zero-order valence-electron chi connectivity index (χ0n) is 28.5. The molecule has 11 heteroatoms. The first-order chi connectivity index (χ1) is 24.6. The van der Waals surface area contributed by atoms with E-state index < -0.39 is 16.0 Å². The molecule has 8 rings (SSSR count). The average molecular weight is 788 g/mol. The maximum atomic E-state index is 14.8. The molecule has 0 spiro atoms. The SMILES string of the molecule is CCOC(=O)c1oc2ccc(S(=O)(=O)N(CCc3ccccc3)c3ccccc3CC34CC5CN(C(=O)c6sccc6Br)CC(C3)C54)cc2c1C. The van der Waals surface area contributed by atoms with E-state index in [2.05, 4.69) is 22.0 Å². The quantitative estimate of drug-likeness (QED) is 0.125. The fraction of sp³-hybridized carbons (Fsp3) is 0.350. The van der Waals surface area contributed by atoms with E-state index in [0.717, 1.165) is 52.8 Å². The normalized spacial score (nSPS) is 22.2. The highest BCUT2D eigenvalue weighted by molar-refractivity contribution is 9.10. The molecule has 0 N–H and O–H groups in total. The molecular formula is C40H39BrN2O6S2. The summed E-state index contributed by atoms with van der Waals surface area (Å²) < 4.78 is 43.0. The molecule has 3 fully saturated rings. The number of furan rings is 1. The first-order valence-corrected chi connectivity index (χ1v) is 20.6. The lowest BCUT2D eigenvalue weighted by atomic mass is 9.36. The second-order valence-corrected chi connectivity index (χ2v) is 17.8.